The highest BCUT2D eigenvalue weighted by Crippen LogP contribution is 2.27. The quantitative estimate of drug-likeness (QED) is 0.363. The molecule has 0 atom stereocenters. The number of hydrogen-bond donors (Lipinski definition) is 0. The van der Waals surface area contributed by atoms with Gasteiger partial charge in [-0.1, -0.05) is 42.5 Å². The molecule has 24 heavy (non-hydrogen) atoms. The van der Waals surface area contributed by atoms with Crippen molar-refractivity contribution in [3.8, 4) is 0 Å². The van der Waals surface area contributed by atoms with E-state index in [9.17, 15) is 0 Å². The molecule has 118 valence electrons. The molecule has 0 aliphatic heterocycles. The van der Waals surface area contributed by atoms with Crippen molar-refractivity contribution in [1.82, 2.24) is 0 Å². The van der Waals surface area contributed by atoms with Crippen molar-refractivity contribution in [3.05, 3.63) is 66.7 Å². The minimum Gasteiger partial charge on any atom is -0.407 e. The van der Waals surface area contributed by atoms with Crippen LogP contribution in [0.3, 0.4) is 0 Å². The van der Waals surface area contributed by atoms with Gasteiger partial charge in [0.25, 0.3) is 9.76 Å². The highest BCUT2D eigenvalue weighted by molar-refractivity contribution is 6.47. The molecule has 0 amide bonds. The standard InChI is InChI=1S/C22H20OSi/c1-22(2,3)23-24-21-9-8-17-12-18-10-15-6-4-5-7-16(15)11-19(18)13-20(17)14-21/h4-14H,1-3H3. The molecule has 0 aromatic heterocycles. The van der Waals surface area contributed by atoms with Crippen LogP contribution in [0.1, 0.15) is 20.8 Å². The summed E-state index contributed by atoms with van der Waals surface area (Å²) in [6, 6.07) is 24.3. The molecule has 0 saturated heterocycles. The van der Waals surface area contributed by atoms with E-state index in [-0.39, 0.29) is 5.60 Å². The van der Waals surface area contributed by atoms with E-state index in [2.05, 4.69) is 87.5 Å². The summed E-state index contributed by atoms with van der Waals surface area (Å²) < 4.78 is 5.94. The molecule has 4 aromatic rings. The van der Waals surface area contributed by atoms with Crippen molar-refractivity contribution in [2.24, 2.45) is 0 Å². The zero-order valence-corrected chi connectivity index (χ0v) is 15.3. The first-order valence-corrected chi connectivity index (χ1v) is 9.19. The zero-order chi connectivity index (χ0) is 16.7. The second kappa shape index (κ2) is 5.73. The Morgan fingerprint density at radius 1 is 0.625 bits per heavy atom. The predicted octanol–water partition coefficient (Wildman–Crippen LogP) is 5.21. The van der Waals surface area contributed by atoms with Crippen molar-refractivity contribution in [3.63, 3.8) is 0 Å². The van der Waals surface area contributed by atoms with Gasteiger partial charge in [0, 0.05) is 5.60 Å². The Morgan fingerprint density at radius 2 is 1.12 bits per heavy atom. The average molecular weight is 328 g/mol. The van der Waals surface area contributed by atoms with Gasteiger partial charge >= 0.3 is 0 Å². The fourth-order valence-electron chi connectivity index (χ4n) is 2.97. The van der Waals surface area contributed by atoms with Gasteiger partial charge in [-0.15, -0.1) is 0 Å². The van der Waals surface area contributed by atoms with Crippen molar-refractivity contribution in [2.75, 3.05) is 0 Å². The zero-order valence-electron chi connectivity index (χ0n) is 14.3. The molecular weight excluding hydrogens is 308 g/mol. The second-order valence-electron chi connectivity index (χ2n) is 7.28. The highest BCUT2D eigenvalue weighted by atomic mass is 28.2. The molecule has 2 radical (unpaired) electrons. The number of rotatable bonds is 2. The third kappa shape index (κ3) is 3.08. The summed E-state index contributed by atoms with van der Waals surface area (Å²) in [7, 11) is 0.381. The molecule has 0 saturated carbocycles. The predicted molar refractivity (Wildman–Crippen MR) is 105 cm³/mol. The lowest BCUT2D eigenvalue weighted by atomic mass is 10.00. The van der Waals surface area contributed by atoms with Crippen LogP contribution in [0.15, 0.2) is 66.7 Å². The molecular formula is C22H20OSi. The van der Waals surface area contributed by atoms with Gasteiger partial charge < -0.3 is 4.43 Å². The van der Waals surface area contributed by atoms with Crippen molar-refractivity contribution >= 4 is 47.3 Å². The molecule has 0 aliphatic rings. The fraction of sp³-hybridized carbons (Fsp3) is 0.182. The number of benzene rings is 4. The minimum atomic E-state index is -0.101. The maximum Gasteiger partial charge on any atom is 0.269 e. The van der Waals surface area contributed by atoms with E-state index in [4.69, 9.17) is 4.43 Å². The van der Waals surface area contributed by atoms with Crippen molar-refractivity contribution < 1.29 is 4.43 Å². The Balaban J connectivity index is 1.81. The molecule has 0 aliphatic carbocycles. The summed E-state index contributed by atoms with van der Waals surface area (Å²) in [5, 5.41) is 8.97. The topological polar surface area (TPSA) is 9.23 Å². The summed E-state index contributed by atoms with van der Waals surface area (Å²) in [4.78, 5) is 0. The molecule has 0 unspecified atom stereocenters. The van der Waals surface area contributed by atoms with E-state index in [0.29, 0.717) is 9.76 Å². The van der Waals surface area contributed by atoms with Gasteiger partial charge in [-0.3, -0.25) is 0 Å². The summed E-state index contributed by atoms with van der Waals surface area (Å²) in [6.07, 6.45) is 0. The summed E-state index contributed by atoms with van der Waals surface area (Å²) in [6.45, 7) is 6.29. The Hall–Kier alpha value is -2.16. The molecule has 4 aromatic carbocycles. The second-order valence-corrected chi connectivity index (χ2v) is 8.26. The normalized spacial score (nSPS) is 12.3. The van der Waals surface area contributed by atoms with E-state index in [1.54, 1.807) is 0 Å². The van der Waals surface area contributed by atoms with Crippen LogP contribution in [0.5, 0.6) is 0 Å². The van der Waals surface area contributed by atoms with Gasteiger partial charge in [-0.2, -0.15) is 0 Å². The lowest BCUT2D eigenvalue weighted by Gasteiger charge is -2.19. The third-order valence-corrected chi connectivity index (χ3v) is 5.40. The number of hydrogen-bond acceptors (Lipinski definition) is 1. The van der Waals surface area contributed by atoms with Crippen LogP contribution in [0.4, 0.5) is 0 Å². The van der Waals surface area contributed by atoms with Crippen LogP contribution in [0.2, 0.25) is 0 Å². The Morgan fingerprint density at radius 3 is 1.71 bits per heavy atom. The van der Waals surface area contributed by atoms with E-state index >= 15 is 0 Å². The largest absolute Gasteiger partial charge is 0.407 e. The molecule has 4 rings (SSSR count). The first-order valence-electron chi connectivity index (χ1n) is 8.28. The maximum absolute atomic E-state index is 5.94. The molecule has 0 bridgehead atoms. The lowest BCUT2D eigenvalue weighted by molar-refractivity contribution is 0.142. The summed E-state index contributed by atoms with van der Waals surface area (Å²) >= 11 is 0. The Kier molecular flexibility index (Phi) is 3.67. The van der Waals surface area contributed by atoms with Gasteiger partial charge in [0.05, 0.1) is 0 Å². The highest BCUT2D eigenvalue weighted by Gasteiger charge is 2.11. The summed E-state index contributed by atoms with van der Waals surface area (Å²) in [5.41, 5.74) is -0.101. The Labute approximate surface area is 145 Å². The van der Waals surface area contributed by atoms with Crippen molar-refractivity contribution in [2.45, 2.75) is 26.4 Å². The Bertz CT molecular complexity index is 1040. The van der Waals surface area contributed by atoms with E-state index in [1.165, 1.54) is 37.5 Å². The SMILES string of the molecule is CC(C)(C)O[Si]c1ccc2cc3cc4ccccc4cc3cc2c1. The van der Waals surface area contributed by atoms with E-state index in [1.807, 2.05) is 0 Å². The summed E-state index contributed by atoms with van der Waals surface area (Å²) in [5.74, 6) is 0. The molecule has 0 heterocycles. The van der Waals surface area contributed by atoms with Crippen molar-refractivity contribution in [1.29, 1.82) is 0 Å². The van der Waals surface area contributed by atoms with Gasteiger partial charge in [-0.05, 0) is 82.5 Å². The van der Waals surface area contributed by atoms with Crippen LogP contribution in [0, 0.1) is 0 Å². The molecule has 0 N–H and O–H groups in total. The molecule has 1 nitrogen and oxygen atoms in total. The van der Waals surface area contributed by atoms with Gasteiger partial charge in [-0.25, -0.2) is 0 Å². The van der Waals surface area contributed by atoms with Gasteiger partial charge in [0.15, 0.2) is 0 Å². The van der Waals surface area contributed by atoms with Crippen LogP contribution in [-0.2, 0) is 4.43 Å². The third-order valence-electron chi connectivity index (χ3n) is 4.14. The minimum absolute atomic E-state index is 0.101. The first kappa shape index (κ1) is 15.4. The van der Waals surface area contributed by atoms with Gasteiger partial charge in [0.2, 0.25) is 0 Å². The monoisotopic (exact) mass is 328 g/mol. The van der Waals surface area contributed by atoms with E-state index < -0.39 is 0 Å². The average Bonchev–Trinajstić information content (AvgIpc) is 2.55. The van der Waals surface area contributed by atoms with Crippen LogP contribution < -0.4 is 5.19 Å². The smallest absolute Gasteiger partial charge is 0.269 e. The lowest BCUT2D eigenvalue weighted by Crippen LogP contribution is -2.28. The fourth-order valence-corrected chi connectivity index (χ4v) is 3.76. The van der Waals surface area contributed by atoms with Gasteiger partial charge in [0.1, 0.15) is 0 Å². The molecule has 0 fully saturated rings. The number of fused-ring (bicyclic) bond motifs is 3. The molecule has 0 spiro atoms. The van der Waals surface area contributed by atoms with Crippen LogP contribution in [0.25, 0.3) is 32.3 Å². The molecule has 2 heteroatoms. The first-order chi connectivity index (χ1) is 11.5. The maximum atomic E-state index is 5.94. The van der Waals surface area contributed by atoms with E-state index in [0.717, 1.165) is 0 Å². The van der Waals surface area contributed by atoms with Crippen LogP contribution >= 0.6 is 0 Å². The van der Waals surface area contributed by atoms with Crippen LogP contribution in [-0.4, -0.2) is 15.4 Å².